The first-order valence-corrected chi connectivity index (χ1v) is 6.75. The van der Waals surface area contributed by atoms with Gasteiger partial charge in [0.2, 0.25) is 0 Å². The van der Waals surface area contributed by atoms with Crippen molar-refractivity contribution in [2.45, 2.75) is 52.9 Å². The maximum absolute atomic E-state index is 6.19. The van der Waals surface area contributed by atoms with E-state index in [1.54, 1.807) is 7.11 Å². The van der Waals surface area contributed by atoms with Crippen molar-refractivity contribution in [3.63, 3.8) is 0 Å². The van der Waals surface area contributed by atoms with Gasteiger partial charge in [-0.1, -0.05) is 33.6 Å². The molecule has 2 unspecified atom stereocenters. The van der Waals surface area contributed by atoms with E-state index in [1.165, 1.54) is 25.7 Å². The quantitative estimate of drug-likeness (QED) is 0.535. The second-order valence-corrected chi connectivity index (χ2v) is 4.90. The topological polar surface area (TPSA) is 9.23 Å². The van der Waals surface area contributed by atoms with Crippen molar-refractivity contribution in [2.24, 2.45) is 11.3 Å². The van der Waals surface area contributed by atoms with Crippen molar-refractivity contribution in [3.8, 4) is 0 Å². The van der Waals surface area contributed by atoms with E-state index >= 15 is 0 Å². The van der Waals surface area contributed by atoms with Crippen molar-refractivity contribution in [1.82, 2.24) is 0 Å². The van der Waals surface area contributed by atoms with Crippen LogP contribution in [0.25, 0.3) is 0 Å². The predicted octanol–water partition coefficient (Wildman–Crippen LogP) is 4.48. The van der Waals surface area contributed by atoms with Crippen molar-refractivity contribution >= 4 is 11.6 Å². The lowest BCUT2D eigenvalue weighted by Gasteiger charge is -2.37. The zero-order valence-corrected chi connectivity index (χ0v) is 11.6. The van der Waals surface area contributed by atoms with Gasteiger partial charge in [-0.3, -0.25) is 0 Å². The largest absolute Gasteiger partial charge is 0.385 e. The Morgan fingerprint density at radius 2 is 2.00 bits per heavy atom. The molecule has 2 atom stereocenters. The molecule has 0 bridgehead atoms. The van der Waals surface area contributed by atoms with Crippen molar-refractivity contribution in [3.05, 3.63) is 0 Å². The molecule has 0 rings (SSSR count). The van der Waals surface area contributed by atoms with E-state index in [2.05, 4.69) is 20.8 Å². The lowest BCUT2D eigenvalue weighted by Crippen LogP contribution is -2.31. The molecule has 15 heavy (non-hydrogen) atoms. The molecule has 0 aliphatic heterocycles. The third-order valence-electron chi connectivity index (χ3n) is 3.80. The van der Waals surface area contributed by atoms with Crippen LogP contribution in [0.2, 0.25) is 0 Å². The van der Waals surface area contributed by atoms with Gasteiger partial charge in [0.25, 0.3) is 0 Å². The fourth-order valence-electron chi connectivity index (χ4n) is 2.19. The first kappa shape index (κ1) is 15.2. The van der Waals surface area contributed by atoms with E-state index in [-0.39, 0.29) is 0 Å². The minimum atomic E-state index is 0.329. The molecule has 1 nitrogen and oxygen atoms in total. The zero-order valence-electron chi connectivity index (χ0n) is 10.8. The smallest absolute Gasteiger partial charge is 0.0465 e. The third kappa shape index (κ3) is 4.74. The normalized spacial score (nSPS) is 17.4. The number of ether oxygens (including phenoxy) is 1. The molecule has 0 N–H and O–H groups in total. The number of unbranched alkanes of at least 4 members (excludes halogenated alkanes) is 1. The van der Waals surface area contributed by atoms with E-state index in [9.17, 15) is 0 Å². The predicted molar refractivity (Wildman–Crippen MR) is 68.6 cm³/mol. The molecule has 2 heteroatoms. The Hall–Kier alpha value is 0.250. The highest BCUT2D eigenvalue weighted by Gasteiger charge is 2.32. The Labute approximate surface area is 101 Å². The summed E-state index contributed by atoms with van der Waals surface area (Å²) < 4.78 is 5.16. The summed E-state index contributed by atoms with van der Waals surface area (Å²) in [5, 5.41) is 0. The molecule has 0 saturated carbocycles. The Morgan fingerprint density at radius 1 is 1.33 bits per heavy atom. The Kier molecular flexibility index (Phi) is 8.55. The summed E-state index contributed by atoms with van der Waals surface area (Å²) in [6.07, 6.45) is 6.12. The van der Waals surface area contributed by atoms with Gasteiger partial charge in [0, 0.05) is 19.6 Å². The average molecular weight is 235 g/mol. The maximum Gasteiger partial charge on any atom is 0.0465 e. The Morgan fingerprint density at radius 3 is 2.40 bits per heavy atom. The molecule has 0 aromatic heterocycles. The van der Waals surface area contributed by atoms with Crippen LogP contribution in [0.1, 0.15) is 52.9 Å². The van der Waals surface area contributed by atoms with Gasteiger partial charge in [-0.15, -0.1) is 11.6 Å². The second-order valence-electron chi connectivity index (χ2n) is 4.64. The standard InChI is InChI=1S/C13H27ClO/c1-5-7-9-13(6-2,11-14)12(3)8-10-15-4/h12H,5-11H2,1-4H3. The summed E-state index contributed by atoms with van der Waals surface area (Å²) in [6, 6.07) is 0. The molecule has 0 radical (unpaired) electrons. The van der Waals surface area contributed by atoms with Crippen LogP contribution in [0.3, 0.4) is 0 Å². The average Bonchev–Trinajstić information content (AvgIpc) is 2.28. The van der Waals surface area contributed by atoms with E-state index in [4.69, 9.17) is 16.3 Å². The van der Waals surface area contributed by atoms with Gasteiger partial charge >= 0.3 is 0 Å². The summed E-state index contributed by atoms with van der Waals surface area (Å²) >= 11 is 6.19. The molecule has 0 aromatic rings. The molecule has 0 spiro atoms. The van der Waals surface area contributed by atoms with Crippen LogP contribution in [0.15, 0.2) is 0 Å². The van der Waals surface area contributed by atoms with Gasteiger partial charge in [-0.25, -0.2) is 0 Å². The molecule has 0 aromatic carbocycles. The minimum Gasteiger partial charge on any atom is -0.385 e. The van der Waals surface area contributed by atoms with Crippen LogP contribution < -0.4 is 0 Å². The minimum absolute atomic E-state index is 0.329. The van der Waals surface area contributed by atoms with Crippen molar-refractivity contribution < 1.29 is 4.74 Å². The highest BCUT2D eigenvalue weighted by atomic mass is 35.5. The monoisotopic (exact) mass is 234 g/mol. The van der Waals surface area contributed by atoms with Crippen molar-refractivity contribution in [1.29, 1.82) is 0 Å². The summed E-state index contributed by atoms with van der Waals surface area (Å²) in [6.45, 7) is 7.68. The fraction of sp³-hybridized carbons (Fsp3) is 1.00. The number of hydrogen-bond acceptors (Lipinski definition) is 1. The number of methoxy groups -OCH3 is 1. The molecule has 92 valence electrons. The molecule has 0 aliphatic carbocycles. The van der Waals surface area contributed by atoms with Gasteiger partial charge in [0.1, 0.15) is 0 Å². The van der Waals surface area contributed by atoms with Gasteiger partial charge in [-0.2, -0.15) is 0 Å². The van der Waals surface area contributed by atoms with E-state index in [1.807, 2.05) is 0 Å². The third-order valence-corrected chi connectivity index (χ3v) is 4.33. The highest BCUT2D eigenvalue weighted by Crippen LogP contribution is 2.39. The van der Waals surface area contributed by atoms with E-state index in [0.29, 0.717) is 11.3 Å². The van der Waals surface area contributed by atoms with Crippen LogP contribution in [0.5, 0.6) is 0 Å². The molecule has 0 aliphatic rings. The number of hydrogen-bond donors (Lipinski definition) is 0. The van der Waals surface area contributed by atoms with Crippen LogP contribution >= 0.6 is 11.6 Å². The molecule has 0 heterocycles. The summed E-state index contributed by atoms with van der Waals surface area (Å²) in [4.78, 5) is 0. The van der Waals surface area contributed by atoms with Crippen LogP contribution in [0, 0.1) is 11.3 Å². The number of halogens is 1. The SMILES string of the molecule is CCCCC(CC)(CCl)C(C)CCOC. The lowest BCUT2D eigenvalue weighted by molar-refractivity contribution is 0.115. The van der Waals surface area contributed by atoms with Gasteiger partial charge in [-0.05, 0) is 30.6 Å². The summed E-state index contributed by atoms with van der Waals surface area (Å²) in [5.74, 6) is 1.44. The highest BCUT2D eigenvalue weighted by molar-refractivity contribution is 6.18. The second kappa shape index (κ2) is 8.41. The van der Waals surface area contributed by atoms with Gasteiger partial charge in [0.15, 0.2) is 0 Å². The molecular formula is C13H27ClO. The van der Waals surface area contributed by atoms with Gasteiger partial charge < -0.3 is 4.74 Å². The fourth-order valence-corrected chi connectivity index (χ4v) is 2.78. The summed E-state index contributed by atoms with van der Waals surface area (Å²) in [7, 11) is 1.77. The van der Waals surface area contributed by atoms with Crippen LogP contribution in [0.4, 0.5) is 0 Å². The Balaban J connectivity index is 4.30. The first-order valence-electron chi connectivity index (χ1n) is 6.21. The van der Waals surface area contributed by atoms with E-state index in [0.717, 1.165) is 18.9 Å². The van der Waals surface area contributed by atoms with Crippen LogP contribution in [-0.4, -0.2) is 19.6 Å². The lowest BCUT2D eigenvalue weighted by atomic mass is 9.71. The first-order chi connectivity index (χ1) is 7.16. The van der Waals surface area contributed by atoms with Crippen LogP contribution in [-0.2, 0) is 4.74 Å². The van der Waals surface area contributed by atoms with Gasteiger partial charge in [0.05, 0.1) is 0 Å². The summed E-state index contributed by atoms with van der Waals surface area (Å²) in [5.41, 5.74) is 0.329. The maximum atomic E-state index is 6.19. The molecule has 0 fully saturated rings. The molecule has 0 amide bonds. The zero-order chi connectivity index (χ0) is 11.7. The Bertz CT molecular complexity index is 143. The number of rotatable bonds is 9. The van der Waals surface area contributed by atoms with Crippen molar-refractivity contribution in [2.75, 3.05) is 19.6 Å². The molecule has 0 saturated heterocycles. The van der Waals surface area contributed by atoms with E-state index < -0.39 is 0 Å². The molecular weight excluding hydrogens is 208 g/mol. The number of alkyl halides is 1.